The van der Waals surface area contributed by atoms with E-state index < -0.39 is 0 Å². The van der Waals surface area contributed by atoms with Crippen LogP contribution in [0, 0.1) is 0 Å². The summed E-state index contributed by atoms with van der Waals surface area (Å²) in [6, 6.07) is 2.03. The van der Waals surface area contributed by atoms with Crippen LogP contribution < -0.4 is 5.59 Å². The van der Waals surface area contributed by atoms with Gasteiger partial charge in [0.05, 0.1) is 16.8 Å². The second-order valence-electron chi connectivity index (χ2n) is 6.23. The predicted octanol–water partition coefficient (Wildman–Crippen LogP) is 1.65. The lowest BCUT2D eigenvalue weighted by molar-refractivity contribution is 0.00578. The molecule has 0 N–H and O–H groups in total. The molecule has 1 aromatic heterocycles. The van der Waals surface area contributed by atoms with Gasteiger partial charge in [-0.1, -0.05) is 0 Å². The highest BCUT2D eigenvalue weighted by atomic mass is 16.7. The number of hydrogen-bond acceptors (Lipinski definition) is 4. The monoisotopic (exact) mass is 246 g/mol. The van der Waals surface area contributed by atoms with Crippen molar-refractivity contribution in [2.75, 3.05) is 0 Å². The van der Waals surface area contributed by atoms with Gasteiger partial charge in [0.1, 0.15) is 6.33 Å². The standard InChI is InChI=1S/C13H19BN2O2/c1-12(2)13(3,4)18-14(17-12)11-7-10(9-5-6-9)15-8-16-11/h7-9H,5-6H2,1-4H3. The lowest BCUT2D eigenvalue weighted by Crippen LogP contribution is -2.41. The molecule has 0 bridgehead atoms. The maximum atomic E-state index is 5.99. The summed E-state index contributed by atoms with van der Waals surface area (Å²) in [5.74, 6) is 0.620. The average molecular weight is 246 g/mol. The van der Waals surface area contributed by atoms with Gasteiger partial charge >= 0.3 is 7.12 Å². The molecule has 1 saturated carbocycles. The first-order chi connectivity index (χ1) is 8.39. The van der Waals surface area contributed by atoms with Gasteiger partial charge in [-0.2, -0.15) is 0 Å². The average Bonchev–Trinajstić information content (AvgIpc) is 3.08. The van der Waals surface area contributed by atoms with Crippen molar-refractivity contribution >= 4 is 12.7 Å². The first-order valence-electron chi connectivity index (χ1n) is 6.56. The van der Waals surface area contributed by atoms with Gasteiger partial charge in [0.25, 0.3) is 0 Å². The van der Waals surface area contributed by atoms with Gasteiger partial charge in [-0.25, -0.2) is 9.97 Å². The van der Waals surface area contributed by atoms with Crippen LogP contribution in [0.2, 0.25) is 0 Å². The molecule has 1 aliphatic carbocycles. The summed E-state index contributed by atoms with van der Waals surface area (Å²) in [6.07, 6.45) is 4.09. The molecule has 0 radical (unpaired) electrons. The van der Waals surface area contributed by atoms with Gasteiger partial charge in [0, 0.05) is 11.6 Å². The number of nitrogens with zero attached hydrogens (tertiary/aromatic N) is 2. The molecule has 18 heavy (non-hydrogen) atoms. The molecule has 3 rings (SSSR count). The smallest absolute Gasteiger partial charge is 0.398 e. The summed E-state index contributed by atoms with van der Waals surface area (Å²) in [4.78, 5) is 8.62. The molecular weight excluding hydrogens is 227 g/mol. The molecule has 0 atom stereocenters. The predicted molar refractivity (Wildman–Crippen MR) is 69.7 cm³/mol. The van der Waals surface area contributed by atoms with Gasteiger partial charge in [0.2, 0.25) is 0 Å². The fourth-order valence-corrected chi connectivity index (χ4v) is 2.08. The van der Waals surface area contributed by atoms with Crippen LogP contribution in [0.3, 0.4) is 0 Å². The van der Waals surface area contributed by atoms with Crippen molar-refractivity contribution in [1.29, 1.82) is 0 Å². The first kappa shape index (κ1) is 12.1. The van der Waals surface area contributed by atoms with E-state index in [1.165, 1.54) is 12.8 Å². The molecule has 1 aliphatic heterocycles. The third kappa shape index (κ3) is 1.95. The van der Waals surface area contributed by atoms with E-state index in [1.54, 1.807) is 6.33 Å². The summed E-state index contributed by atoms with van der Waals surface area (Å²) in [6.45, 7) is 8.21. The van der Waals surface area contributed by atoms with Crippen molar-refractivity contribution in [3.05, 3.63) is 18.1 Å². The van der Waals surface area contributed by atoms with E-state index in [4.69, 9.17) is 9.31 Å². The van der Waals surface area contributed by atoms with Crippen LogP contribution in [-0.2, 0) is 9.31 Å². The van der Waals surface area contributed by atoms with Gasteiger partial charge in [-0.15, -0.1) is 0 Å². The summed E-state index contributed by atoms with van der Waals surface area (Å²) in [5.41, 5.74) is 1.32. The van der Waals surface area contributed by atoms with E-state index in [0.717, 1.165) is 11.3 Å². The van der Waals surface area contributed by atoms with Crippen LogP contribution in [0.4, 0.5) is 0 Å². The van der Waals surface area contributed by atoms with E-state index >= 15 is 0 Å². The second kappa shape index (κ2) is 3.78. The van der Waals surface area contributed by atoms with Crippen LogP contribution in [0.25, 0.3) is 0 Å². The molecule has 5 heteroatoms. The molecule has 4 nitrogen and oxygen atoms in total. The van der Waals surface area contributed by atoms with Gasteiger partial charge in [-0.3, -0.25) is 0 Å². The number of hydrogen-bond donors (Lipinski definition) is 0. The van der Waals surface area contributed by atoms with Crippen molar-refractivity contribution < 1.29 is 9.31 Å². The van der Waals surface area contributed by atoms with Crippen LogP contribution in [0.1, 0.15) is 52.1 Å². The summed E-state index contributed by atoms with van der Waals surface area (Å²) in [5, 5.41) is 0. The molecule has 2 heterocycles. The highest BCUT2D eigenvalue weighted by Crippen LogP contribution is 2.39. The van der Waals surface area contributed by atoms with Crippen molar-refractivity contribution in [1.82, 2.24) is 9.97 Å². The lowest BCUT2D eigenvalue weighted by atomic mass is 9.84. The van der Waals surface area contributed by atoms with E-state index in [9.17, 15) is 0 Å². The minimum atomic E-state index is -0.379. The fourth-order valence-electron chi connectivity index (χ4n) is 2.08. The Morgan fingerprint density at radius 3 is 2.28 bits per heavy atom. The van der Waals surface area contributed by atoms with Crippen molar-refractivity contribution in [3.63, 3.8) is 0 Å². The van der Waals surface area contributed by atoms with E-state index in [-0.39, 0.29) is 18.3 Å². The zero-order chi connectivity index (χ0) is 13.0. The fraction of sp³-hybridized carbons (Fsp3) is 0.692. The molecule has 2 aliphatic rings. The summed E-state index contributed by atoms with van der Waals surface area (Å²) < 4.78 is 12.0. The van der Waals surface area contributed by atoms with E-state index in [0.29, 0.717) is 5.92 Å². The molecule has 0 amide bonds. The van der Waals surface area contributed by atoms with Crippen LogP contribution in [-0.4, -0.2) is 28.3 Å². The van der Waals surface area contributed by atoms with Gasteiger partial charge in [0.15, 0.2) is 0 Å². The van der Waals surface area contributed by atoms with Gasteiger partial charge in [-0.05, 0) is 46.6 Å². The quantitative estimate of drug-likeness (QED) is 0.744. The normalized spacial score (nSPS) is 25.4. The topological polar surface area (TPSA) is 44.2 Å². The first-order valence-corrected chi connectivity index (χ1v) is 6.56. The highest BCUT2D eigenvalue weighted by molar-refractivity contribution is 6.61. The zero-order valence-electron chi connectivity index (χ0n) is 11.4. The third-order valence-corrected chi connectivity index (χ3v) is 4.20. The number of rotatable bonds is 2. The Morgan fingerprint density at radius 2 is 1.72 bits per heavy atom. The maximum absolute atomic E-state index is 5.99. The van der Waals surface area contributed by atoms with Crippen molar-refractivity contribution in [2.24, 2.45) is 0 Å². The Morgan fingerprint density at radius 1 is 1.11 bits per heavy atom. The van der Waals surface area contributed by atoms with Crippen LogP contribution >= 0.6 is 0 Å². The largest absolute Gasteiger partial charge is 0.514 e. The summed E-state index contributed by atoms with van der Waals surface area (Å²) in [7, 11) is -0.379. The Hall–Kier alpha value is -0.935. The molecule has 0 unspecified atom stereocenters. The third-order valence-electron chi connectivity index (χ3n) is 4.20. The lowest BCUT2D eigenvalue weighted by Gasteiger charge is -2.32. The molecule has 0 aromatic carbocycles. The Bertz CT molecular complexity index is 456. The molecule has 1 saturated heterocycles. The molecule has 96 valence electrons. The molecular formula is C13H19BN2O2. The molecule has 1 aromatic rings. The van der Waals surface area contributed by atoms with Crippen LogP contribution in [0.5, 0.6) is 0 Å². The van der Waals surface area contributed by atoms with Crippen molar-refractivity contribution in [2.45, 2.75) is 57.7 Å². The molecule has 0 spiro atoms. The Balaban J connectivity index is 1.86. The number of aromatic nitrogens is 2. The minimum Gasteiger partial charge on any atom is -0.398 e. The summed E-state index contributed by atoms with van der Waals surface area (Å²) >= 11 is 0. The van der Waals surface area contributed by atoms with E-state index in [1.807, 2.05) is 6.07 Å². The van der Waals surface area contributed by atoms with E-state index in [2.05, 4.69) is 37.7 Å². The van der Waals surface area contributed by atoms with Crippen LogP contribution in [0.15, 0.2) is 12.4 Å². The Labute approximate surface area is 108 Å². The zero-order valence-corrected chi connectivity index (χ0v) is 11.4. The second-order valence-corrected chi connectivity index (χ2v) is 6.23. The Kier molecular flexibility index (Phi) is 2.54. The SMILES string of the molecule is CC1(C)OB(c2cc(C3CC3)ncn2)OC1(C)C. The van der Waals surface area contributed by atoms with Gasteiger partial charge < -0.3 is 9.31 Å². The maximum Gasteiger partial charge on any atom is 0.514 e. The minimum absolute atomic E-state index is 0.317. The molecule has 2 fully saturated rings. The van der Waals surface area contributed by atoms with Crippen molar-refractivity contribution in [3.8, 4) is 0 Å². The highest BCUT2D eigenvalue weighted by Gasteiger charge is 2.52.